The third-order valence-corrected chi connectivity index (χ3v) is 7.41. The van der Waals surface area contributed by atoms with Crippen molar-refractivity contribution in [1.82, 2.24) is 35.0 Å². The normalized spacial score (nSPS) is 15.6. The summed E-state index contributed by atoms with van der Waals surface area (Å²) in [5.74, 6) is 0.683. The summed E-state index contributed by atoms with van der Waals surface area (Å²) in [5.41, 5.74) is 4.91. The minimum atomic E-state index is -0.360. The molecule has 3 aromatic carbocycles. The molecule has 0 unspecified atom stereocenters. The largest absolute Gasteiger partial charge is 0.321 e. The van der Waals surface area contributed by atoms with Gasteiger partial charge >= 0.3 is 0 Å². The quantitative estimate of drug-likeness (QED) is 0.363. The van der Waals surface area contributed by atoms with Gasteiger partial charge in [0.15, 0.2) is 5.82 Å². The summed E-state index contributed by atoms with van der Waals surface area (Å²) in [5, 5.41) is 13.9. The first-order valence-corrected chi connectivity index (χ1v) is 13.1. The number of rotatable bonds is 7. The first kappa shape index (κ1) is 24.2. The first-order valence-electron chi connectivity index (χ1n) is 13.1. The summed E-state index contributed by atoms with van der Waals surface area (Å²) in [6, 6.07) is 28.5. The maximum atomic E-state index is 13.6. The lowest BCUT2D eigenvalue weighted by Gasteiger charge is -2.38. The molecule has 8 heteroatoms. The molecule has 0 saturated carbocycles. The Morgan fingerprint density at radius 2 is 1.53 bits per heavy atom. The van der Waals surface area contributed by atoms with Gasteiger partial charge in [0, 0.05) is 38.3 Å². The van der Waals surface area contributed by atoms with Gasteiger partial charge < -0.3 is 4.98 Å². The number of piperazine rings is 1. The second-order valence-corrected chi connectivity index (χ2v) is 9.97. The zero-order chi connectivity index (χ0) is 25.9. The maximum absolute atomic E-state index is 13.6. The van der Waals surface area contributed by atoms with Gasteiger partial charge in [0.1, 0.15) is 6.04 Å². The molecule has 1 N–H and O–H groups in total. The molecule has 0 spiro atoms. The third kappa shape index (κ3) is 5.01. The number of H-pyrrole nitrogens is 1. The highest BCUT2D eigenvalue weighted by Gasteiger charge is 2.32. The molecule has 1 fully saturated rings. The van der Waals surface area contributed by atoms with Crippen LogP contribution < -0.4 is 5.56 Å². The van der Waals surface area contributed by atoms with Gasteiger partial charge in [-0.2, -0.15) is 0 Å². The smallest absolute Gasteiger partial charge is 0.253 e. The van der Waals surface area contributed by atoms with Crippen LogP contribution in [0.5, 0.6) is 0 Å². The molecule has 192 valence electrons. The Hall–Kier alpha value is -4.14. The molecule has 2 aromatic heterocycles. The van der Waals surface area contributed by atoms with E-state index in [2.05, 4.69) is 66.7 Å². The van der Waals surface area contributed by atoms with Crippen molar-refractivity contribution in [2.45, 2.75) is 26.1 Å². The van der Waals surface area contributed by atoms with Gasteiger partial charge in [-0.05, 0) is 45.5 Å². The summed E-state index contributed by atoms with van der Waals surface area (Å²) in [6.07, 6.45) is 0. The number of tetrazole rings is 1. The summed E-state index contributed by atoms with van der Waals surface area (Å²) in [6.45, 7) is 6.88. The number of aryl methyl sites for hydroxylation is 1. The number of benzene rings is 3. The number of fused-ring (bicyclic) bond motifs is 1. The first-order chi connectivity index (χ1) is 18.7. The predicted molar refractivity (Wildman–Crippen MR) is 148 cm³/mol. The van der Waals surface area contributed by atoms with Crippen molar-refractivity contribution in [2.75, 3.05) is 26.2 Å². The van der Waals surface area contributed by atoms with E-state index in [1.165, 1.54) is 5.56 Å². The Kier molecular flexibility index (Phi) is 6.81. The van der Waals surface area contributed by atoms with Crippen LogP contribution >= 0.6 is 0 Å². The van der Waals surface area contributed by atoms with Crippen molar-refractivity contribution in [3.05, 3.63) is 123 Å². The SMILES string of the molecule is Cc1cccc2cc([C@@H](c3nnnn3Cc3ccccc3)N3CCN(Cc4ccccc4)CC3)c(=O)[nH]c12. The van der Waals surface area contributed by atoms with E-state index in [1.807, 2.05) is 60.1 Å². The van der Waals surface area contributed by atoms with Crippen molar-refractivity contribution < 1.29 is 0 Å². The number of para-hydroxylation sites is 1. The van der Waals surface area contributed by atoms with E-state index in [4.69, 9.17) is 0 Å². The van der Waals surface area contributed by atoms with Crippen LogP contribution in [-0.2, 0) is 13.1 Å². The van der Waals surface area contributed by atoms with Crippen LogP contribution in [0.1, 0.15) is 34.1 Å². The molecule has 0 bridgehead atoms. The molecular weight excluding hydrogens is 474 g/mol. The molecule has 0 amide bonds. The van der Waals surface area contributed by atoms with Gasteiger partial charge in [-0.25, -0.2) is 4.68 Å². The summed E-state index contributed by atoms with van der Waals surface area (Å²) in [4.78, 5) is 21.5. The third-order valence-electron chi connectivity index (χ3n) is 7.41. The second-order valence-electron chi connectivity index (χ2n) is 9.97. The standard InChI is InChI=1S/C30H31N7O/c1-22-9-8-14-25-19-26(30(38)31-27(22)25)28(29-32-33-34-37(29)21-24-12-6-3-7-13-24)36-17-15-35(16-18-36)20-23-10-4-2-5-11-23/h2-14,19,28H,15-18,20-21H2,1H3,(H,31,38)/t28-/m0/s1. The Morgan fingerprint density at radius 1 is 0.842 bits per heavy atom. The Balaban J connectivity index is 1.35. The lowest BCUT2D eigenvalue weighted by Crippen LogP contribution is -2.48. The van der Waals surface area contributed by atoms with Crippen molar-refractivity contribution in [1.29, 1.82) is 0 Å². The fraction of sp³-hybridized carbons (Fsp3) is 0.267. The molecule has 0 radical (unpaired) electrons. The number of aromatic nitrogens is 5. The second kappa shape index (κ2) is 10.7. The minimum absolute atomic E-state index is 0.0993. The average Bonchev–Trinajstić information content (AvgIpc) is 3.39. The van der Waals surface area contributed by atoms with E-state index in [-0.39, 0.29) is 11.6 Å². The molecule has 1 aliphatic heterocycles. The van der Waals surface area contributed by atoms with Gasteiger partial charge in [-0.3, -0.25) is 14.6 Å². The minimum Gasteiger partial charge on any atom is -0.321 e. The molecule has 5 aromatic rings. The summed E-state index contributed by atoms with van der Waals surface area (Å²) < 4.78 is 1.83. The molecular formula is C30H31N7O. The van der Waals surface area contributed by atoms with E-state index in [0.29, 0.717) is 17.9 Å². The zero-order valence-electron chi connectivity index (χ0n) is 21.5. The highest BCUT2D eigenvalue weighted by molar-refractivity contribution is 5.82. The molecule has 0 aliphatic carbocycles. The maximum Gasteiger partial charge on any atom is 0.253 e. The summed E-state index contributed by atoms with van der Waals surface area (Å²) >= 11 is 0. The number of pyridine rings is 1. The number of nitrogens with one attached hydrogen (secondary N) is 1. The van der Waals surface area contributed by atoms with Crippen molar-refractivity contribution in [2.24, 2.45) is 0 Å². The van der Waals surface area contributed by atoms with Crippen molar-refractivity contribution >= 4 is 10.9 Å². The number of hydrogen-bond acceptors (Lipinski definition) is 6. The van der Waals surface area contributed by atoms with Crippen LogP contribution in [0.25, 0.3) is 10.9 Å². The van der Waals surface area contributed by atoms with Gasteiger partial charge in [0.05, 0.1) is 12.1 Å². The lowest BCUT2D eigenvalue weighted by molar-refractivity contribution is 0.0998. The fourth-order valence-electron chi connectivity index (χ4n) is 5.40. The van der Waals surface area contributed by atoms with Gasteiger partial charge in [0.2, 0.25) is 0 Å². The van der Waals surface area contributed by atoms with Crippen LogP contribution in [0.3, 0.4) is 0 Å². The Bertz CT molecular complexity index is 1570. The van der Waals surface area contributed by atoms with E-state index in [1.54, 1.807) is 0 Å². The molecule has 6 rings (SSSR count). The topological polar surface area (TPSA) is 82.9 Å². The van der Waals surface area contributed by atoms with E-state index < -0.39 is 0 Å². The Morgan fingerprint density at radius 3 is 2.24 bits per heavy atom. The molecule has 8 nitrogen and oxygen atoms in total. The van der Waals surface area contributed by atoms with Crippen LogP contribution in [0, 0.1) is 6.92 Å². The molecule has 1 saturated heterocycles. The lowest BCUT2D eigenvalue weighted by atomic mass is 10.0. The van der Waals surface area contributed by atoms with Gasteiger partial charge in [-0.15, -0.1) is 5.10 Å². The monoisotopic (exact) mass is 505 g/mol. The van der Waals surface area contributed by atoms with E-state index in [0.717, 1.165) is 54.8 Å². The van der Waals surface area contributed by atoms with Crippen molar-refractivity contribution in [3.8, 4) is 0 Å². The number of nitrogens with zero attached hydrogens (tertiary/aromatic N) is 6. The Labute approximate surface area is 221 Å². The average molecular weight is 506 g/mol. The predicted octanol–water partition coefficient (Wildman–Crippen LogP) is 3.78. The van der Waals surface area contributed by atoms with E-state index in [9.17, 15) is 4.79 Å². The van der Waals surface area contributed by atoms with Crippen LogP contribution in [0.15, 0.2) is 89.7 Å². The molecule has 3 heterocycles. The number of aromatic amines is 1. The van der Waals surface area contributed by atoms with E-state index >= 15 is 0 Å². The highest BCUT2D eigenvalue weighted by Crippen LogP contribution is 2.29. The van der Waals surface area contributed by atoms with Gasteiger partial charge in [-0.1, -0.05) is 78.9 Å². The number of hydrogen-bond donors (Lipinski definition) is 1. The van der Waals surface area contributed by atoms with Crippen LogP contribution in [-0.4, -0.2) is 61.2 Å². The summed E-state index contributed by atoms with van der Waals surface area (Å²) in [7, 11) is 0. The highest BCUT2D eigenvalue weighted by atomic mass is 16.1. The van der Waals surface area contributed by atoms with Crippen LogP contribution in [0.2, 0.25) is 0 Å². The fourth-order valence-corrected chi connectivity index (χ4v) is 5.40. The molecule has 38 heavy (non-hydrogen) atoms. The zero-order valence-corrected chi connectivity index (χ0v) is 21.5. The van der Waals surface area contributed by atoms with Crippen LogP contribution in [0.4, 0.5) is 0 Å². The molecule has 1 aliphatic rings. The van der Waals surface area contributed by atoms with Crippen molar-refractivity contribution in [3.63, 3.8) is 0 Å². The van der Waals surface area contributed by atoms with Gasteiger partial charge in [0.25, 0.3) is 5.56 Å². The molecule has 1 atom stereocenters.